The van der Waals surface area contributed by atoms with Gasteiger partial charge in [0.15, 0.2) is 47.3 Å². The molecule has 3 fully saturated rings. The molecule has 6 aromatic heterocycles. The van der Waals surface area contributed by atoms with E-state index in [1.54, 1.807) is 6.92 Å². The largest absolute Gasteiger partial charge is 0.468 e. The number of rotatable bonds is 19. The van der Waals surface area contributed by atoms with Gasteiger partial charge in [0.25, 0.3) is 6.47 Å². The van der Waals surface area contributed by atoms with Gasteiger partial charge in [-0.2, -0.15) is 0 Å². The average molecular weight is 1030 g/mol. The van der Waals surface area contributed by atoms with Crippen molar-refractivity contribution in [2.45, 2.75) is 87.0 Å². The number of aryl methyl sites for hydroxylation is 1. The highest BCUT2D eigenvalue weighted by atomic mass is 32.5. The predicted octanol–water partition coefficient (Wildman–Crippen LogP) is -0.777. The van der Waals surface area contributed by atoms with E-state index >= 15 is 0 Å². The SMILES string of the molecule is CO[C@H]1[C@@H](OP(O)(=S)OC[C@H]2O[C@@H](n3cnc4c(N)ncnc43)[C@H](OP(O)(=S)OC[C@H]3O[C@@H](n4cnc5c(C)ncnc54)[C@H](O)[C@@H]3O)[C@@H]2OC)[C@H](n2cnc3c(N)ncnc32)O[C@@H]1CCOC=O. The van der Waals surface area contributed by atoms with Gasteiger partial charge in [0.1, 0.15) is 84.4 Å². The molecule has 3 aliphatic heterocycles. The zero-order valence-electron chi connectivity index (χ0n) is 35.8. The van der Waals surface area contributed by atoms with Gasteiger partial charge in [0, 0.05) is 20.6 Å². The van der Waals surface area contributed by atoms with E-state index < -0.39 is 100 Å². The molecule has 366 valence electrons. The number of aromatic nitrogens is 12. The Morgan fingerprint density at radius 2 is 1.10 bits per heavy atom. The molecule has 33 heteroatoms. The number of nitrogen functional groups attached to an aromatic ring is 2. The minimum Gasteiger partial charge on any atom is -0.468 e. The number of carbonyl (C=O) groups is 1. The first-order chi connectivity index (χ1) is 32.6. The van der Waals surface area contributed by atoms with Gasteiger partial charge in [-0.3, -0.25) is 27.5 Å². The van der Waals surface area contributed by atoms with Gasteiger partial charge < -0.3 is 68.9 Å². The van der Waals surface area contributed by atoms with E-state index in [1.807, 2.05) is 0 Å². The maximum absolute atomic E-state index is 11.7. The summed E-state index contributed by atoms with van der Waals surface area (Å²) in [5.41, 5.74) is 14.5. The molecule has 2 unspecified atom stereocenters. The number of hydrogen-bond donors (Lipinski definition) is 6. The fourth-order valence-electron chi connectivity index (χ4n) is 8.33. The van der Waals surface area contributed by atoms with Crippen LogP contribution in [0.4, 0.5) is 11.6 Å². The highest BCUT2D eigenvalue weighted by Crippen LogP contribution is 2.54. The van der Waals surface area contributed by atoms with Crippen LogP contribution in [-0.2, 0) is 74.9 Å². The molecule has 6 aromatic rings. The number of nitrogens with zero attached hydrogens (tertiary/aromatic N) is 12. The van der Waals surface area contributed by atoms with Crippen LogP contribution >= 0.6 is 13.4 Å². The molecule has 9 heterocycles. The zero-order chi connectivity index (χ0) is 48.1. The molecule has 0 spiro atoms. The van der Waals surface area contributed by atoms with Gasteiger partial charge in [-0.15, -0.1) is 0 Å². The van der Waals surface area contributed by atoms with Crippen molar-refractivity contribution in [1.29, 1.82) is 0 Å². The summed E-state index contributed by atoms with van der Waals surface area (Å²) in [6.07, 6.45) is -6.00. The molecular weight excluding hydrogens is 983 g/mol. The van der Waals surface area contributed by atoms with Gasteiger partial charge in [-0.25, -0.2) is 44.9 Å². The minimum absolute atomic E-state index is 0.0315. The molecule has 14 atom stereocenters. The molecule has 0 aromatic carbocycles. The lowest BCUT2D eigenvalue weighted by Crippen LogP contribution is -2.38. The highest BCUT2D eigenvalue weighted by molar-refractivity contribution is 8.07. The third-order valence-electron chi connectivity index (χ3n) is 11.5. The van der Waals surface area contributed by atoms with Gasteiger partial charge in [0.2, 0.25) is 0 Å². The molecule has 0 bridgehead atoms. The van der Waals surface area contributed by atoms with Crippen LogP contribution in [0.15, 0.2) is 38.0 Å². The third-order valence-corrected chi connectivity index (χ3v) is 14.6. The number of methoxy groups -OCH3 is 2. The van der Waals surface area contributed by atoms with Crippen LogP contribution in [-0.4, -0.2) is 174 Å². The molecule has 3 aliphatic rings. The molecular formula is C35H44N14O15P2S2. The summed E-state index contributed by atoms with van der Waals surface area (Å²) >= 11 is 11.1. The predicted molar refractivity (Wildman–Crippen MR) is 236 cm³/mol. The van der Waals surface area contributed by atoms with Crippen LogP contribution in [0.3, 0.4) is 0 Å². The molecule has 0 amide bonds. The van der Waals surface area contributed by atoms with Crippen LogP contribution in [0.1, 0.15) is 30.8 Å². The van der Waals surface area contributed by atoms with Crippen molar-refractivity contribution in [3.8, 4) is 0 Å². The maximum atomic E-state index is 11.7. The quantitative estimate of drug-likeness (QED) is 0.0329. The van der Waals surface area contributed by atoms with Gasteiger partial charge in [-0.1, -0.05) is 0 Å². The summed E-state index contributed by atoms with van der Waals surface area (Å²) in [6.45, 7) is -7.67. The lowest BCUT2D eigenvalue weighted by atomic mass is 10.1. The number of anilines is 2. The Labute approximate surface area is 393 Å². The van der Waals surface area contributed by atoms with Crippen LogP contribution < -0.4 is 11.5 Å². The van der Waals surface area contributed by atoms with Crippen molar-refractivity contribution in [2.24, 2.45) is 0 Å². The molecule has 0 saturated carbocycles. The number of aliphatic hydroxyl groups is 2. The first-order valence-corrected chi connectivity index (χ1v) is 25.6. The molecule has 29 nitrogen and oxygen atoms in total. The van der Waals surface area contributed by atoms with Crippen LogP contribution in [0, 0.1) is 6.92 Å². The second kappa shape index (κ2) is 19.7. The Balaban J connectivity index is 0.936. The van der Waals surface area contributed by atoms with Gasteiger partial charge in [0.05, 0.1) is 50.6 Å². The van der Waals surface area contributed by atoms with Crippen molar-refractivity contribution in [1.82, 2.24) is 58.6 Å². The maximum Gasteiger partial charge on any atom is 0.325 e. The summed E-state index contributed by atoms with van der Waals surface area (Å²) in [7, 11) is 2.73. The Morgan fingerprint density at radius 3 is 1.65 bits per heavy atom. The van der Waals surface area contributed by atoms with Crippen LogP contribution in [0.2, 0.25) is 0 Å². The molecule has 68 heavy (non-hydrogen) atoms. The lowest BCUT2D eigenvalue weighted by Gasteiger charge is -2.29. The topological polar surface area (TPSA) is 373 Å². The van der Waals surface area contributed by atoms with Crippen molar-refractivity contribution < 1.29 is 71.3 Å². The van der Waals surface area contributed by atoms with E-state index in [9.17, 15) is 24.8 Å². The molecule has 3 saturated heterocycles. The lowest BCUT2D eigenvalue weighted by molar-refractivity contribution is -0.130. The summed E-state index contributed by atoms with van der Waals surface area (Å²) in [5, 5.41) is 22.0. The second-order valence-corrected chi connectivity index (χ2v) is 21.0. The van der Waals surface area contributed by atoms with Crippen LogP contribution in [0.5, 0.6) is 0 Å². The monoisotopic (exact) mass is 1030 g/mol. The Bertz CT molecular complexity index is 2880. The smallest absolute Gasteiger partial charge is 0.325 e. The van der Waals surface area contributed by atoms with E-state index in [0.717, 1.165) is 0 Å². The van der Waals surface area contributed by atoms with Crippen molar-refractivity contribution >= 4 is 88.7 Å². The second-order valence-electron chi connectivity index (χ2n) is 15.5. The minimum atomic E-state index is -4.34. The van der Waals surface area contributed by atoms with Gasteiger partial charge >= 0.3 is 13.4 Å². The number of ether oxygens (including phenoxy) is 6. The fourth-order valence-corrected chi connectivity index (χ4v) is 11.1. The summed E-state index contributed by atoms with van der Waals surface area (Å²) in [6, 6.07) is 0. The normalized spacial score (nSPS) is 30.3. The zero-order valence-corrected chi connectivity index (χ0v) is 39.2. The molecule has 0 aliphatic carbocycles. The first-order valence-electron chi connectivity index (χ1n) is 20.4. The summed E-state index contributed by atoms with van der Waals surface area (Å²) in [5.74, 6) is 0.165. The third kappa shape index (κ3) is 9.31. The Hall–Kier alpha value is -4.50. The summed E-state index contributed by atoms with van der Waals surface area (Å²) < 4.78 is 63.8. The number of aliphatic hydroxyl groups excluding tert-OH is 2. The standard InChI is InChI=1S/C35H44N14O15P2S2/c1-15-19-30(41-8-38-15)47(11-44-19)33-23(52)22(51)17(61-33)6-58-65(53,67)64-27-25(56-3)18(62-35(27)49-13-46-21-29(37)40-10-43-32(21)49)7-59-66(54,68)63-26-24(55-2)16(4-5-57-14-50)60-34(26)48-12-45-20-28(36)39-9-42-31(20)48/h8-14,16-18,22-27,33-35,51-52H,4-7H2,1-3H3,(H,53,67)(H,54,68)(H2,36,39,42)(H2,37,40,43)/t16-,17-,18-,22-,23-,24-,25-,26-,27-,33-,34-,35-,65?,66?/m1/s1. The van der Waals surface area contributed by atoms with Crippen LogP contribution in [0.25, 0.3) is 33.5 Å². The highest BCUT2D eigenvalue weighted by Gasteiger charge is 2.53. The van der Waals surface area contributed by atoms with E-state index in [0.29, 0.717) is 23.3 Å². The van der Waals surface area contributed by atoms with E-state index in [2.05, 4.69) is 44.9 Å². The number of hydrogen-bond acceptors (Lipinski definition) is 26. The number of imidazole rings is 3. The van der Waals surface area contributed by atoms with E-state index in [1.165, 1.54) is 65.9 Å². The van der Waals surface area contributed by atoms with E-state index in [4.69, 9.17) is 81.6 Å². The van der Waals surface area contributed by atoms with E-state index in [-0.39, 0.29) is 47.0 Å². The average Bonchev–Trinajstić information content (AvgIpc) is 4.17. The number of nitrogens with two attached hydrogens (primary N) is 2. The Kier molecular flexibility index (Phi) is 14.1. The van der Waals surface area contributed by atoms with Crippen molar-refractivity contribution in [3.05, 3.63) is 43.7 Å². The fraction of sp³-hybridized carbons (Fsp3) is 0.543. The number of carbonyl (C=O) groups excluding carboxylic acids is 1. The molecule has 0 radical (unpaired) electrons. The molecule has 9 rings (SSSR count). The van der Waals surface area contributed by atoms with Gasteiger partial charge in [-0.05, 0) is 30.5 Å². The first kappa shape index (κ1) is 48.5. The van der Waals surface area contributed by atoms with Crippen molar-refractivity contribution in [2.75, 3.05) is 45.5 Å². The Morgan fingerprint density at radius 1 is 0.647 bits per heavy atom. The van der Waals surface area contributed by atoms with Crippen molar-refractivity contribution in [3.63, 3.8) is 0 Å². The number of fused-ring (bicyclic) bond motifs is 3. The molecule has 8 N–H and O–H groups in total. The summed E-state index contributed by atoms with van der Waals surface area (Å²) in [4.78, 5) is 72.2.